The smallest absolute Gasteiger partial charge is 0.451 e. The Morgan fingerprint density at radius 3 is 2.46 bits per heavy atom. The number of nitrogens with two attached hydrogens (primary N) is 1. The molecule has 0 amide bonds. The first kappa shape index (κ1) is 18.1. The summed E-state index contributed by atoms with van der Waals surface area (Å²) in [5.74, 6) is -1.51. The van der Waals surface area contributed by atoms with Gasteiger partial charge in [0.2, 0.25) is 17.7 Å². The quantitative estimate of drug-likeness (QED) is 0.820. The van der Waals surface area contributed by atoms with Gasteiger partial charge >= 0.3 is 6.18 Å². The molecule has 0 spiro atoms. The Bertz CT molecular complexity index is 681. The van der Waals surface area contributed by atoms with Gasteiger partial charge < -0.3 is 15.8 Å². The molecule has 130 valence electrons. The van der Waals surface area contributed by atoms with E-state index in [-0.39, 0.29) is 18.6 Å². The highest BCUT2D eigenvalue weighted by atomic mass is 35.5. The summed E-state index contributed by atoms with van der Waals surface area (Å²) in [5.41, 5.74) is 5.31. The Hall–Kier alpha value is -2.29. The molecule has 1 aromatic heterocycles. The van der Waals surface area contributed by atoms with Crippen LogP contribution in [0.1, 0.15) is 19.2 Å². The number of alkyl halides is 3. The minimum absolute atomic E-state index is 0.199. The number of hydrogen-bond acceptors (Lipinski definition) is 6. The van der Waals surface area contributed by atoms with E-state index in [1.54, 1.807) is 24.3 Å². The van der Waals surface area contributed by atoms with Crippen molar-refractivity contribution in [3.05, 3.63) is 35.1 Å². The summed E-state index contributed by atoms with van der Waals surface area (Å²) in [6.45, 7) is 2.04. The molecule has 2 aromatic rings. The lowest BCUT2D eigenvalue weighted by Gasteiger charge is -2.18. The molecule has 0 aliphatic carbocycles. The fourth-order valence-corrected chi connectivity index (χ4v) is 1.88. The van der Waals surface area contributed by atoms with Crippen LogP contribution in [0.2, 0.25) is 5.02 Å². The van der Waals surface area contributed by atoms with Crippen LogP contribution < -0.4 is 15.8 Å². The van der Waals surface area contributed by atoms with E-state index < -0.39 is 17.9 Å². The van der Waals surface area contributed by atoms with Crippen LogP contribution in [-0.2, 0) is 6.18 Å². The van der Waals surface area contributed by atoms with Crippen LogP contribution in [0.25, 0.3) is 0 Å². The number of nitrogens with one attached hydrogen (secondary N) is 1. The largest absolute Gasteiger partial charge is 0.491 e. The summed E-state index contributed by atoms with van der Waals surface area (Å²) in [6, 6.07) is 6.42. The van der Waals surface area contributed by atoms with Crippen LogP contribution in [0, 0.1) is 0 Å². The second kappa shape index (κ2) is 7.52. The number of halogens is 4. The van der Waals surface area contributed by atoms with E-state index in [1.807, 2.05) is 6.92 Å². The number of aromatic nitrogens is 3. The lowest BCUT2D eigenvalue weighted by molar-refractivity contribution is -0.144. The third-order valence-electron chi connectivity index (χ3n) is 3.00. The van der Waals surface area contributed by atoms with E-state index in [1.165, 1.54) is 0 Å². The molecule has 2 rings (SSSR count). The molecule has 24 heavy (non-hydrogen) atoms. The van der Waals surface area contributed by atoms with Crippen LogP contribution >= 0.6 is 11.6 Å². The molecule has 0 aliphatic heterocycles. The molecule has 0 saturated heterocycles. The zero-order valence-corrected chi connectivity index (χ0v) is 13.4. The highest BCUT2D eigenvalue weighted by Gasteiger charge is 2.35. The van der Waals surface area contributed by atoms with Crippen molar-refractivity contribution in [3.8, 4) is 5.75 Å². The van der Waals surface area contributed by atoms with E-state index in [4.69, 9.17) is 22.1 Å². The van der Waals surface area contributed by atoms with Gasteiger partial charge in [0.25, 0.3) is 0 Å². The van der Waals surface area contributed by atoms with Crippen LogP contribution in [0.3, 0.4) is 0 Å². The molecule has 0 saturated carbocycles. The monoisotopic (exact) mass is 361 g/mol. The molecule has 0 aliphatic rings. The van der Waals surface area contributed by atoms with E-state index in [9.17, 15) is 13.2 Å². The molecule has 6 nitrogen and oxygen atoms in total. The Morgan fingerprint density at radius 2 is 1.88 bits per heavy atom. The first-order valence-corrected chi connectivity index (χ1v) is 7.39. The standard InChI is InChI=1S/C14H15ClF3N5O/c1-2-9(7-24-10-5-3-8(15)4-6-10)20-13-22-11(14(16,17)18)21-12(19)23-13/h3-6,9H,2,7H2,1H3,(H3,19,20,21,22,23). The van der Waals surface area contributed by atoms with Gasteiger partial charge in [-0.25, -0.2) is 0 Å². The molecule has 0 bridgehead atoms. The molecule has 1 aromatic carbocycles. The third kappa shape index (κ3) is 5.12. The minimum atomic E-state index is -4.70. The van der Waals surface area contributed by atoms with Crippen molar-refractivity contribution in [2.45, 2.75) is 25.6 Å². The summed E-state index contributed by atoms with van der Waals surface area (Å²) in [4.78, 5) is 10.1. The first-order valence-electron chi connectivity index (χ1n) is 7.01. The van der Waals surface area contributed by atoms with Gasteiger partial charge in [0.1, 0.15) is 12.4 Å². The summed E-state index contributed by atoms with van der Waals surface area (Å²) >= 11 is 5.78. The van der Waals surface area contributed by atoms with Crippen molar-refractivity contribution >= 4 is 23.5 Å². The molecule has 1 atom stereocenters. The Kier molecular flexibility index (Phi) is 5.66. The minimum Gasteiger partial charge on any atom is -0.491 e. The summed E-state index contributed by atoms with van der Waals surface area (Å²) < 4.78 is 43.7. The number of nitrogen functional groups attached to an aromatic ring is 1. The highest BCUT2D eigenvalue weighted by molar-refractivity contribution is 6.30. The number of benzene rings is 1. The van der Waals surface area contributed by atoms with Gasteiger partial charge in [-0.3, -0.25) is 0 Å². The zero-order valence-electron chi connectivity index (χ0n) is 12.6. The highest BCUT2D eigenvalue weighted by Crippen LogP contribution is 2.27. The number of anilines is 2. The fourth-order valence-electron chi connectivity index (χ4n) is 1.76. The summed E-state index contributed by atoms with van der Waals surface area (Å²) in [5, 5.41) is 3.35. The predicted molar refractivity (Wildman–Crippen MR) is 83.9 cm³/mol. The maximum Gasteiger partial charge on any atom is 0.451 e. The molecule has 1 unspecified atom stereocenters. The van der Waals surface area contributed by atoms with Gasteiger partial charge in [0, 0.05) is 5.02 Å². The molecule has 0 fully saturated rings. The first-order chi connectivity index (χ1) is 11.3. The molecular formula is C14H15ClF3N5O. The number of ether oxygens (including phenoxy) is 1. The number of hydrogen-bond donors (Lipinski definition) is 2. The van der Waals surface area contributed by atoms with E-state index in [2.05, 4.69) is 20.3 Å². The molecule has 1 heterocycles. The zero-order chi connectivity index (χ0) is 17.7. The summed E-state index contributed by atoms with van der Waals surface area (Å²) in [7, 11) is 0. The average Bonchev–Trinajstić information content (AvgIpc) is 2.51. The van der Waals surface area contributed by atoms with Gasteiger partial charge in [-0.2, -0.15) is 28.1 Å². The lowest BCUT2D eigenvalue weighted by atomic mass is 10.2. The van der Waals surface area contributed by atoms with Gasteiger partial charge in [-0.05, 0) is 30.7 Å². The average molecular weight is 362 g/mol. The predicted octanol–water partition coefficient (Wildman–Crippen LogP) is 3.40. The SMILES string of the molecule is CCC(COc1ccc(Cl)cc1)Nc1nc(N)nc(C(F)(F)F)n1. The number of nitrogens with zero attached hydrogens (tertiary/aromatic N) is 3. The van der Waals surface area contributed by atoms with E-state index in [0.717, 1.165) is 0 Å². The second-order valence-corrected chi connectivity index (χ2v) is 5.29. The Balaban J connectivity index is 2.04. The molecular weight excluding hydrogens is 347 g/mol. The fraction of sp³-hybridized carbons (Fsp3) is 0.357. The maximum absolute atomic E-state index is 12.7. The third-order valence-corrected chi connectivity index (χ3v) is 3.25. The van der Waals surface area contributed by atoms with Crippen LogP contribution in [0.4, 0.5) is 25.1 Å². The van der Waals surface area contributed by atoms with Gasteiger partial charge in [0.05, 0.1) is 6.04 Å². The van der Waals surface area contributed by atoms with Crippen molar-refractivity contribution in [1.29, 1.82) is 0 Å². The van der Waals surface area contributed by atoms with Crippen molar-refractivity contribution in [2.75, 3.05) is 17.7 Å². The molecule has 10 heteroatoms. The van der Waals surface area contributed by atoms with Crippen molar-refractivity contribution in [3.63, 3.8) is 0 Å². The van der Waals surface area contributed by atoms with Gasteiger partial charge in [0.15, 0.2) is 0 Å². The topological polar surface area (TPSA) is 86.0 Å². The van der Waals surface area contributed by atoms with Crippen molar-refractivity contribution < 1.29 is 17.9 Å². The van der Waals surface area contributed by atoms with Gasteiger partial charge in [-0.15, -0.1) is 0 Å². The van der Waals surface area contributed by atoms with Crippen LogP contribution in [0.5, 0.6) is 5.75 Å². The van der Waals surface area contributed by atoms with Gasteiger partial charge in [-0.1, -0.05) is 18.5 Å². The number of rotatable bonds is 6. The Labute approximate surface area is 141 Å². The maximum atomic E-state index is 12.7. The summed E-state index contributed by atoms with van der Waals surface area (Å²) in [6.07, 6.45) is -4.13. The van der Waals surface area contributed by atoms with E-state index >= 15 is 0 Å². The van der Waals surface area contributed by atoms with Crippen LogP contribution in [-0.4, -0.2) is 27.6 Å². The Morgan fingerprint density at radius 1 is 1.21 bits per heavy atom. The van der Waals surface area contributed by atoms with Crippen LogP contribution in [0.15, 0.2) is 24.3 Å². The lowest BCUT2D eigenvalue weighted by Crippen LogP contribution is -2.28. The van der Waals surface area contributed by atoms with Crippen molar-refractivity contribution in [2.24, 2.45) is 0 Å². The molecule has 0 radical (unpaired) electrons. The van der Waals surface area contributed by atoms with Crippen molar-refractivity contribution in [1.82, 2.24) is 15.0 Å². The molecule has 3 N–H and O–H groups in total. The normalized spacial score (nSPS) is 12.7. The van der Waals surface area contributed by atoms with E-state index in [0.29, 0.717) is 17.2 Å². The second-order valence-electron chi connectivity index (χ2n) is 4.85.